The Labute approximate surface area is 174 Å². The maximum absolute atomic E-state index is 12.6. The lowest BCUT2D eigenvalue weighted by molar-refractivity contribution is -0.147. The van der Waals surface area contributed by atoms with Gasteiger partial charge in [0.15, 0.2) is 0 Å². The molecule has 1 saturated heterocycles. The molecule has 0 atom stereocenters. The second-order valence-corrected chi connectivity index (χ2v) is 8.60. The smallest absolute Gasteiger partial charge is 0.306 e. The van der Waals surface area contributed by atoms with Crippen molar-refractivity contribution in [2.24, 2.45) is 5.92 Å². The van der Waals surface area contributed by atoms with Crippen molar-refractivity contribution >= 4 is 17.7 Å². The molecule has 1 aromatic heterocycles. The third-order valence-electron chi connectivity index (χ3n) is 5.87. The number of carbonyl (C=O) groups is 2. The summed E-state index contributed by atoms with van der Waals surface area (Å²) in [5.41, 5.74) is 2.28. The van der Waals surface area contributed by atoms with E-state index in [1.54, 1.807) is 0 Å². The Morgan fingerprint density at radius 2 is 2.03 bits per heavy atom. The Kier molecular flexibility index (Phi) is 7.90. The Morgan fingerprint density at radius 1 is 1.24 bits per heavy atom. The monoisotopic (exact) mass is 401 g/mol. The van der Waals surface area contributed by atoms with E-state index in [-0.39, 0.29) is 18.0 Å². The fourth-order valence-corrected chi connectivity index (χ4v) is 4.23. The number of hydrogen-bond acceptors (Lipinski definition) is 5. The molecule has 3 rings (SSSR count). The van der Waals surface area contributed by atoms with Gasteiger partial charge >= 0.3 is 5.97 Å². The molecule has 0 spiro atoms. The lowest BCUT2D eigenvalue weighted by Gasteiger charge is -2.32. The molecule has 2 aliphatic rings. The molecule has 1 amide bonds. The molecule has 0 aliphatic carbocycles. The number of nitrogens with one attached hydrogen (secondary N) is 1. The van der Waals surface area contributed by atoms with E-state index >= 15 is 0 Å². The van der Waals surface area contributed by atoms with Crippen LogP contribution in [0.25, 0.3) is 0 Å². The number of piperidine rings is 1. The quantitative estimate of drug-likeness (QED) is 0.672. The molecule has 0 unspecified atom stereocenters. The van der Waals surface area contributed by atoms with Gasteiger partial charge in [0.1, 0.15) is 5.82 Å². The predicted molar refractivity (Wildman–Crippen MR) is 114 cm³/mol. The molecule has 29 heavy (non-hydrogen) atoms. The number of nitrogens with zero attached hydrogens (tertiary/aromatic N) is 2. The van der Waals surface area contributed by atoms with Gasteiger partial charge in [-0.15, -0.1) is 0 Å². The van der Waals surface area contributed by atoms with Gasteiger partial charge in [0.2, 0.25) is 5.91 Å². The van der Waals surface area contributed by atoms with E-state index in [4.69, 9.17) is 4.74 Å². The molecule has 6 heteroatoms. The third kappa shape index (κ3) is 6.72. The van der Waals surface area contributed by atoms with Crippen molar-refractivity contribution in [1.29, 1.82) is 0 Å². The lowest BCUT2D eigenvalue weighted by atomic mass is 9.91. The molecule has 0 saturated carbocycles. The zero-order valence-corrected chi connectivity index (χ0v) is 17.9. The number of aromatic nitrogens is 1. The highest BCUT2D eigenvalue weighted by molar-refractivity contribution is 5.76. The van der Waals surface area contributed by atoms with E-state index in [1.165, 1.54) is 5.56 Å². The maximum atomic E-state index is 12.6. The van der Waals surface area contributed by atoms with Gasteiger partial charge in [0, 0.05) is 38.2 Å². The molecule has 1 fully saturated rings. The van der Waals surface area contributed by atoms with Gasteiger partial charge in [0.25, 0.3) is 0 Å². The van der Waals surface area contributed by atoms with Gasteiger partial charge in [-0.05, 0) is 76.3 Å². The summed E-state index contributed by atoms with van der Waals surface area (Å²) in [5.74, 6) is 1.74. The minimum Gasteiger partial charge on any atom is -0.463 e. The summed E-state index contributed by atoms with van der Waals surface area (Å²) in [4.78, 5) is 30.9. The number of rotatable bonds is 8. The Balaban J connectivity index is 1.34. The standard InChI is InChI=1S/C23H35N3O3/c1-17(2)29-22(28)7-3-5-18-12-15-26(16-13-18)21(27)11-10-20-9-8-19-6-4-14-24-23(19)25-20/h8-9,17-18H,3-7,10-16H2,1-2H3,(H,24,25). The number of fused-ring (bicyclic) bond motifs is 1. The molecule has 1 aromatic rings. The van der Waals surface area contributed by atoms with E-state index in [1.807, 2.05) is 18.7 Å². The van der Waals surface area contributed by atoms with Crippen molar-refractivity contribution in [3.8, 4) is 0 Å². The molecule has 2 aliphatic heterocycles. The third-order valence-corrected chi connectivity index (χ3v) is 5.87. The minimum atomic E-state index is -0.0985. The van der Waals surface area contributed by atoms with Crippen LogP contribution in [0.15, 0.2) is 12.1 Å². The summed E-state index contributed by atoms with van der Waals surface area (Å²) in [6, 6.07) is 4.21. The Hall–Kier alpha value is -2.11. The molecule has 3 heterocycles. The van der Waals surface area contributed by atoms with Crippen LogP contribution < -0.4 is 5.32 Å². The van der Waals surface area contributed by atoms with Crippen molar-refractivity contribution in [1.82, 2.24) is 9.88 Å². The van der Waals surface area contributed by atoms with Crippen molar-refractivity contribution in [3.05, 3.63) is 23.4 Å². The van der Waals surface area contributed by atoms with Gasteiger partial charge in [-0.1, -0.05) is 6.07 Å². The van der Waals surface area contributed by atoms with Crippen LogP contribution in [0.1, 0.15) is 70.1 Å². The molecule has 160 valence electrons. The van der Waals surface area contributed by atoms with Gasteiger partial charge in [-0.2, -0.15) is 0 Å². The normalized spacial score (nSPS) is 17.0. The van der Waals surface area contributed by atoms with Crippen LogP contribution in [0, 0.1) is 5.92 Å². The highest BCUT2D eigenvalue weighted by Crippen LogP contribution is 2.24. The van der Waals surface area contributed by atoms with Crippen LogP contribution in [0.4, 0.5) is 5.82 Å². The first-order chi connectivity index (χ1) is 14.0. The van der Waals surface area contributed by atoms with Crippen LogP contribution in [0.2, 0.25) is 0 Å². The number of carbonyl (C=O) groups excluding carboxylic acids is 2. The number of anilines is 1. The van der Waals surface area contributed by atoms with Crippen molar-refractivity contribution in [2.75, 3.05) is 25.0 Å². The van der Waals surface area contributed by atoms with Crippen molar-refractivity contribution in [3.63, 3.8) is 0 Å². The molecule has 6 nitrogen and oxygen atoms in total. The van der Waals surface area contributed by atoms with Gasteiger partial charge < -0.3 is 15.0 Å². The zero-order valence-electron chi connectivity index (χ0n) is 17.9. The van der Waals surface area contributed by atoms with Gasteiger partial charge in [-0.3, -0.25) is 9.59 Å². The number of pyridine rings is 1. The van der Waals surface area contributed by atoms with Crippen molar-refractivity contribution < 1.29 is 14.3 Å². The van der Waals surface area contributed by atoms with Crippen LogP contribution >= 0.6 is 0 Å². The number of esters is 1. The maximum Gasteiger partial charge on any atom is 0.306 e. The van der Waals surface area contributed by atoms with E-state index in [2.05, 4.69) is 22.4 Å². The van der Waals surface area contributed by atoms with Crippen LogP contribution in [-0.4, -0.2) is 47.5 Å². The number of ether oxygens (including phenoxy) is 1. The molecule has 0 aromatic carbocycles. The highest BCUT2D eigenvalue weighted by Gasteiger charge is 2.23. The fourth-order valence-electron chi connectivity index (χ4n) is 4.23. The largest absolute Gasteiger partial charge is 0.463 e. The van der Waals surface area contributed by atoms with Crippen LogP contribution in [0.3, 0.4) is 0 Å². The lowest BCUT2D eigenvalue weighted by Crippen LogP contribution is -2.38. The van der Waals surface area contributed by atoms with Gasteiger partial charge in [-0.25, -0.2) is 4.98 Å². The predicted octanol–water partition coefficient (Wildman–Crippen LogP) is 3.73. The van der Waals surface area contributed by atoms with Crippen LogP contribution in [-0.2, 0) is 27.2 Å². The summed E-state index contributed by atoms with van der Waals surface area (Å²) in [7, 11) is 0. The molecule has 0 radical (unpaired) electrons. The zero-order chi connectivity index (χ0) is 20.6. The number of likely N-dealkylation sites (tertiary alicyclic amines) is 1. The average Bonchev–Trinajstić information content (AvgIpc) is 2.72. The Bertz CT molecular complexity index is 697. The van der Waals surface area contributed by atoms with E-state index in [0.717, 1.165) is 69.7 Å². The number of aryl methyl sites for hydroxylation is 2. The highest BCUT2D eigenvalue weighted by atomic mass is 16.5. The van der Waals surface area contributed by atoms with Crippen molar-refractivity contribution in [2.45, 2.75) is 77.7 Å². The Morgan fingerprint density at radius 3 is 2.79 bits per heavy atom. The SMILES string of the molecule is CC(C)OC(=O)CCCC1CCN(C(=O)CCc2ccc3c(n2)NCCC3)CC1. The average molecular weight is 402 g/mol. The van der Waals surface area contributed by atoms with Gasteiger partial charge in [0.05, 0.1) is 6.10 Å². The molecular weight excluding hydrogens is 366 g/mol. The second kappa shape index (κ2) is 10.6. The first-order valence-corrected chi connectivity index (χ1v) is 11.2. The van der Waals surface area contributed by atoms with E-state index in [0.29, 0.717) is 25.2 Å². The summed E-state index contributed by atoms with van der Waals surface area (Å²) in [5, 5.41) is 3.36. The minimum absolute atomic E-state index is 0.0375. The first kappa shape index (κ1) is 21.6. The van der Waals surface area contributed by atoms with E-state index < -0.39 is 0 Å². The molecule has 0 bridgehead atoms. The summed E-state index contributed by atoms with van der Waals surface area (Å²) < 4.78 is 5.18. The van der Waals surface area contributed by atoms with Crippen LogP contribution in [0.5, 0.6) is 0 Å². The van der Waals surface area contributed by atoms with E-state index in [9.17, 15) is 9.59 Å². The number of hydrogen-bond donors (Lipinski definition) is 1. The second-order valence-electron chi connectivity index (χ2n) is 8.60. The molecule has 1 N–H and O–H groups in total. The summed E-state index contributed by atoms with van der Waals surface area (Å²) in [6.45, 7) is 6.40. The number of amides is 1. The topological polar surface area (TPSA) is 71.5 Å². The first-order valence-electron chi connectivity index (χ1n) is 11.2. The summed E-state index contributed by atoms with van der Waals surface area (Å²) >= 11 is 0. The molecular formula is C23H35N3O3. The summed E-state index contributed by atoms with van der Waals surface area (Å²) in [6.07, 6.45) is 7.92. The fraction of sp³-hybridized carbons (Fsp3) is 0.696.